The standard InChI is InChI=1S/C23H24N2O3/c26-22(24-13-14-28-21-12-6-5-11-20(21)24)15-25-18-9-3-1-7-16(18)23(27)17-8-2-4-10-19(17)25/h1-4,7-10,20-21H,5-6,11-15H2. The first-order valence-corrected chi connectivity index (χ1v) is 10.2. The number of aromatic nitrogens is 1. The number of ether oxygens (including phenoxy) is 1. The van der Waals surface area contributed by atoms with Crippen LogP contribution in [0.25, 0.3) is 21.8 Å². The van der Waals surface area contributed by atoms with Crippen molar-refractivity contribution in [2.75, 3.05) is 13.2 Å². The van der Waals surface area contributed by atoms with Crippen molar-refractivity contribution < 1.29 is 9.53 Å². The Bertz CT molecular complexity index is 1040. The first-order valence-electron chi connectivity index (χ1n) is 10.2. The Balaban J connectivity index is 1.58. The van der Waals surface area contributed by atoms with Gasteiger partial charge in [-0.15, -0.1) is 0 Å². The van der Waals surface area contributed by atoms with E-state index in [0.717, 1.165) is 30.3 Å². The Kier molecular flexibility index (Phi) is 4.40. The van der Waals surface area contributed by atoms with E-state index in [9.17, 15) is 9.59 Å². The fourth-order valence-electron chi connectivity index (χ4n) is 4.88. The van der Waals surface area contributed by atoms with Crippen molar-refractivity contribution in [1.82, 2.24) is 9.47 Å². The molecule has 5 rings (SSSR count). The van der Waals surface area contributed by atoms with Crippen LogP contribution in [0, 0.1) is 0 Å². The maximum absolute atomic E-state index is 13.4. The molecule has 2 atom stereocenters. The number of rotatable bonds is 2. The van der Waals surface area contributed by atoms with E-state index in [1.54, 1.807) is 0 Å². The van der Waals surface area contributed by atoms with Gasteiger partial charge >= 0.3 is 0 Å². The summed E-state index contributed by atoms with van der Waals surface area (Å²) in [5.41, 5.74) is 1.65. The molecule has 1 aliphatic heterocycles. The van der Waals surface area contributed by atoms with Gasteiger partial charge in [0.1, 0.15) is 6.54 Å². The number of nitrogens with zero attached hydrogens (tertiary/aromatic N) is 2. The Hall–Kier alpha value is -2.66. The van der Waals surface area contributed by atoms with Crippen LogP contribution in [0.2, 0.25) is 0 Å². The van der Waals surface area contributed by atoms with Gasteiger partial charge in [0.2, 0.25) is 5.91 Å². The van der Waals surface area contributed by atoms with Gasteiger partial charge in [-0.2, -0.15) is 0 Å². The number of carbonyl (C=O) groups excluding carboxylic acids is 1. The van der Waals surface area contributed by atoms with Gasteiger partial charge < -0.3 is 14.2 Å². The summed E-state index contributed by atoms with van der Waals surface area (Å²) in [6.07, 6.45) is 4.56. The number of hydrogen-bond donors (Lipinski definition) is 0. The zero-order valence-corrected chi connectivity index (χ0v) is 15.8. The quantitative estimate of drug-likeness (QED) is 0.645. The third kappa shape index (κ3) is 2.81. The van der Waals surface area contributed by atoms with Crippen LogP contribution < -0.4 is 5.43 Å². The lowest BCUT2D eigenvalue weighted by Crippen LogP contribution is -2.55. The minimum atomic E-state index is 0.0219. The van der Waals surface area contributed by atoms with Crippen LogP contribution in [0.1, 0.15) is 25.7 Å². The van der Waals surface area contributed by atoms with Crippen molar-refractivity contribution >= 4 is 27.7 Å². The van der Waals surface area contributed by atoms with Crippen molar-refractivity contribution in [3.63, 3.8) is 0 Å². The third-order valence-corrected chi connectivity index (χ3v) is 6.22. The number of fused-ring (bicyclic) bond motifs is 3. The summed E-state index contributed by atoms with van der Waals surface area (Å²) in [4.78, 5) is 28.3. The SMILES string of the molecule is O=C(Cn1c2ccccc2c(=O)c2ccccc21)N1CCOC2CCCCC21. The van der Waals surface area contributed by atoms with E-state index >= 15 is 0 Å². The van der Waals surface area contributed by atoms with E-state index in [4.69, 9.17) is 4.74 Å². The van der Waals surface area contributed by atoms with Crippen molar-refractivity contribution in [2.24, 2.45) is 0 Å². The third-order valence-electron chi connectivity index (χ3n) is 6.22. The molecular weight excluding hydrogens is 352 g/mol. The van der Waals surface area contributed by atoms with Crippen molar-refractivity contribution in [1.29, 1.82) is 0 Å². The predicted octanol–water partition coefficient (Wildman–Crippen LogP) is 3.32. The second-order valence-electron chi connectivity index (χ2n) is 7.80. The molecule has 0 bridgehead atoms. The molecule has 0 N–H and O–H groups in total. The highest BCUT2D eigenvalue weighted by molar-refractivity contribution is 5.94. The molecule has 1 saturated carbocycles. The number of pyridine rings is 1. The second kappa shape index (κ2) is 7.06. The number of amides is 1. The minimum absolute atomic E-state index is 0.0219. The molecule has 5 heteroatoms. The van der Waals surface area contributed by atoms with Gasteiger partial charge in [-0.1, -0.05) is 37.1 Å². The molecule has 2 aliphatic rings. The molecule has 2 aromatic carbocycles. The lowest BCUT2D eigenvalue weighted by atomic mass is 9.90. The molecule has 1 aromatic heterocycles. The minimum Gasteiger partial charge on any atom is -0.374 e. The molecule has 0 radical (unpaired) electrons. The van der Waals surface area contributed by atoms with E-state index in [0.29, 0.717) is 23.9 Å². The molecule has 0 spiro atoms. The number of hydrogen-bond acceptors (Lipinski definition) is 3. The second-order valence-corrected chi connectivity index (χ2v) is 7.80. The average molecular weight is 376 g/mol. The molecule has 3 aromatic rings. The summed E-state index contributed by atoms with van der Waals surface area (Å²) in [6.45, 7) is 1.50. The van der Waals surface area contributed by atoms with Gasteiger partial charge in [-0.25, -0.2) is 0 Å². The molecule has 1 saturated heterocycles. The number of benzene rings is 2. The van der Waals surface area contributed by atoms with Crippen LogP contribution >= 0.6 is 0 Å². The lowest BCUT2D eigenvalue weighted by molar-refractivity contribution is -0.150. The van der Waals surface area contributed by atoms with Crippen molar-refractivity contribution in [3.05, 3.63) is 58.8 Å². The molecule has 2 fully saturated rings. The van der Waals surface area contributed by atoms with Crippen LogP contribution in [-0.4, -0.2) is 40.7 Å². The van der Waals surface area contributed by atoms with E-state index in [2.05, 4.69) is 0 Å². The van der Waals surface area contributed by atoms with Crippen molar-refractivity contribution in [2.45, 2.75) is 44.4 Å². The average Bonchev–Trinajstić information content (AvgIpc) is 2.76. The molecule has 1 amide bonds. The highest BCUT2D eigenvalue weighted by atomic mass is 16.5. The Morgan fingerprint density at radius 2 is 1.61 bits per heavy atom. The van der Waals surface area contributed by atoms with E-state index in [1.165, 1.54) is 6.42 Å². The fourth-order valence-corrected chi connectivity index (χ4v) is 4.88. The fraction of sp³-hybridized carbons (Fsp3) is 0.391. The summed E-state index contributed by atoms with van der Waals surface area (Å²) in [5.74, 6) is 0.110. The topological polar surface area (TPSA) is 51.5 Å². The summed E-state index contributed by atoms with van der Waals surface area (Å²) in [7, 11) is 0. The van der Waals surface area contributed by atoms with Crippen molar-refractivity contribution in [3.8, 4) is 0 Å². The lowest BCUT2D eigenvalue weighted by Gasteiger charge is -2.44. The van der Waals surface area contributed by atoms with Crippen LogP contribution in [-0.2, 0) is 16.1 Å². The zero-order valence-electron chi connectivity index (χ0n) is 15.8. The van der Waals surface area contributed by atoms with Crippen LogP contribution in [0.3, 0.4) is 0 Å². The monoisotopic (exact) mass is 376 g/mol. The molecule has 1 aliphatic carbocycles. The highest BCUT2D eigenvalue weighted by Crippen LogP contribution is 2.29. The maximum Gasteiger partial charge on any atom is 0.242 e. The van der Waals surface area contributed by atoms with Gasteiger partial charge in [-0.3, -0.25) is 9.59 Å². The Labute approximate surface area is 163 Å². The summed E-state index contributed by atoms with van der Waals surface area (Å²) in [6, 6.07) is 15.3. The van der Waals surface area contributed by atoms with Crippen LogP contribution in [0.15, 0.2) is 53.3 Å². The van der Waals surface area contributed by atoms with E-state index in [1.807, 2.05) is 58.0 Å². The largest absolute Gasteiger partial charge is 0.374 e. The first kappa shape index (κ1) is 17.4. The summed E-state index contributed by atoms with van der Waals surface area (Å²) in [5, 5.41) is 1.32. The maximum atomic E-state index is 13.4. The Morgan fingerprint density at radius 1 is 0.964 bits per heavy atom. The Morgan fingerprint density at radius 3 is 2.32 bits per heavy atom. The molecule has 144 valence electrons. The highest BCUT2D eigenvalue weighted by Gasteiger charge is 2.36. The van der Waals surface area contributed by atoms with E-state index in [-0.39, 0.29) is 30.0 Å². The van der Waals surface area contributed by atoms with Gasteiger partial charge in [-0.05, 0) is 37.1 Å². The van der Waals surface area contributed by atoms with Crippen LogP contribution in [0.5, 0.6) is 0 Å². The number of morpholine rings is 1. The smallest absolute Gasteiger partial charge is 0.242 e. The normalized spacial score (nSPS) is 22.4. The van der Waals surface area contributed by atoms with Gasteiger partial charge in [0.15, 0.2) is 5.43 Å². The summed E-state index contributed by atoms with van der Waals surface area (Å²) >= 11 is 0. The molecule has 5 nitrogen and oxygen atoms in total. The predicted molar refractivity (Wildman–Crippen MR) is 109 cm³/mol. The molecule has 2 heterocycles. The zero-order chi connectivity index (χ0) is 19.1. The summed E-state index contributed by atoms with van der Waals surface area (Å²) < 4.78 is 7.93. The van der Waals surface area contributed by atoms with E-state index < -0.39 is 0 Å². The van der Waals surface area contributed by atoms with Crippen LogP contribution in [0.4, 0.5) is 0 Å². The number of para-hydroxylation sites is 2. The van der Waals surface area contributed by atoms with Gasteiger partial charge in [0.05, 0.1) is 29.8 Å². The first-order chi connectivity index (χ1) is 13.7. The molecular formula is C23H24N2O3. The molecule has 28 heavy (non-hydrogen) atoms. The number of carbonyl (C=O) groups is 1. The molecule has 2 unspecified atom stereocenters. The van der Waals surface area contributed by atoms with Gasteiger partial charge in [0.25, 0.3) is 0 Å². The van der Waals surface area contributed by atoms with Gasteiger partial charge in [0, 0.05) is 17.3 Å².